The Morgan fingerprint density at radius 2 is 2.24 bits per heavy atom. The van der Waals surface area contributed by atoms with Gasteiger partial charge >= 0.3 is 0 Å². The number of nitrogens with two attached hydrogens (primary N) is 1. The van der Waals surface area contributed by atoms with Crippen molar-refractivity contribution in [1.29, 1.82) is 0 Å². The molecule has 0 saturated heterocycles. The number of rotatable bonds is 2. The zero-order valence-electron chi connectivity index (χ0n) is 9.47. The first-order chi connectivity index (χ1) is 8.18. The Bertz CT molecular complexity index is 544. The first-order valence-corrected chi connectivity index (χ1v) is 6.36. The van der Waals surface area contributed by atoms with Crippen LogP contribution in [0.5, 0.6) is 0 Å². The molecule has 1 aromatic carbocycles. The second-order valence-electron chi connectivity index (χ2n) is 4.42. The quantitative estimate of drug-likeness (QED) is 0.920. The molecule has 0 fully saturated rings. The highest BCUT2D eigenvalue weighted by molar-refractivity contribution is 9.10. The number of benzene rings is 1. The standard InChI is InChI=1S/C12H13BrN4/c1-17-11(12(13)15-16-17)10(14)9-6-7-4-2-3-5-8(7)9/h2-5,9-10H,6,14H2,1H3. The highest BCUT2D eigenvalue weighted by Crippen LogP contribution is 2.43. The molecule has 2 atom stereocenters. The Kier molecular flexibility index (Phi) is 2.52. The monoisotopic (exact) mass is 292 g/mol. The van der Waals surface area contributed by atoms with Crippen LogP contribution in [0.4, 0.5) is 0 Å². The maximum absolute atomic E-state index is 6.33. The van der Waals surface area contributed by atoms with E-state index in [-0.39, 0.29) is 6.04 Å². The summed E-state index contributed by atoms with van der Waals surface area (Å²) in [5, 5.41) is 7.96. The fraction of sp³-hybridized carbons (Fsp3) is 0.333. The smallest absolute Gasteiger partial charge is 0.153 e. The van der Waals surface area contributed by atoms with E-state index in [4.69, 9.17) is 5.73 Å². The van der Waals surface area contributed by atoms with Gasteiger partial charge in [0.2, 0.25) is 0 Å². The molecule has 1 aliphatic carbocycles. The van der Waals surface area contributed by atoms with Crippen LogP contribution >= 0.6 is 15.9 Å². The van der Waals surface area contributed by atoms with Gasteiger partial charge in [-0.15, -0.1) is 5.10 Å². The second-order valence-corrected chi connectivity index (χ2v) is 5.18. The first kappa shape index (κ1) is 10.9. The van der Waals surface area contributed by atoms with Crippen molar-refractivity contribution in [2.45, 2.75) is 18.4 Å². The maximum atomic E-state index is 6.33. The Hall–Kier alpha value is -1.20. The van der Waals surface area contributed by atoms with Crippen LogP contribution in [-0.2, 0) is 13.5 Å². The zero-order chi connectivity index (χ0) is 12.0. The molecule has 88 valence electrons. The number of nitrogens with zero attached hydrogens (tertiary/aromatic N) is 3. The fourth-order valence-corrected chi connectivity index (χ4v) is 3.09. The van der Waals surface area contributed by atoms with Crippen LogP contribution in [-0.4, -0.2) is 15.0 Å². The lowest BCUT2D eigenvalue weighted by Crippen LogP contribution is -2.30. The summed E-state index contributed by atoms with van der Waals surface area (Å²) in [4.78, 5) is 0. The van der Waals surface area contributed by atoms with Crippen LogP contribution < -0.4 is 5.73 Å². The number of aryl methyl sites for hydroxylation is 1. The molecule has 0 radical (unpaired) electrons. The Labute approximate surface area is 108 Å². The van der Waals surface area contributed by atoms with Crippen molar-refractivity contribution < 1.29 is 0 Å². The summed E-state index contributed by atoms with van der Waals surface area (Å²) in [6, 6.07) is 8.39. The molecule has 0 saturated carbocycles. The molecule has 4 nitrogen and oxygen atoms in total. The van der Waals surface area contributed by atoms with Crippen LogP contribution in [0.2, 0.25) is 0 Å². The normalized spacial score (nSPS) is 19.6. The van der Waals surface area contributed by atoms with Crippen molar-refractivity contribution in [1.82, 2.24) is 15.0 Å². The van der Waals surface area contributed by atoms with E-state index in [9.17, 15) is 0 Å². The van der Waals surface area contributed by atoms with Gasteiger partial charge in [0.1, 0.15) is 0 Å². The van der Waals surface area contributed by atoms with Gasteiger partial charge in [-0.3, -0.25) is 0 Å². The lowest BCUT2D eigenvalue weighted by molar-refractivity contribution is 0.470. The minimum absolute atomic E-state index is 0.0562. The van der Waals surface area contributed by atoms with E-state index in [1.807, 2.05) is 7.05 Å². The molecule has 0 spiro atoms. The largest absolute Gasteiger partial charge is 0.322 e. The van der Waals surface area contributed by atoms with Crippen molar-refractivity contribution >= 4 is 15.9 Å². The van der Waals surface area contributed by atoms with Gasteiger partial charge < -0.3 is 5.73 Å². The summed E-state index contributed by atoms with van der Waals surface area (Å²) < 4.78 is 2.49. The van der Waals surface area contributed by atoms with Crippen molar-refractivity contribution in [3.8, 4) is 0 Å². The summed E-state index contributed by atoms with van der Waals surface area (Å²) >= 11 is 3.40. The maximum Gasteiger partial charge on any atom is 0.153 e. The first-order valence-electron chi connectivity index (χ1n) is 5.57. The van der Waals surface area contributed by atoms with E-state index >= 15 is 0 Å². The third kappa shape index (κ3) is 1.61. The van der Waals surface area contributed by atoms with Gasteiger partial charge in [-0.2, -0.15) is 0 Å². The van der Waals surface area contributed by atoms with E-state index in [1.165, 1.54) is 11.1 Å². The van der Waals surface area contributed by atoms with Crippen molar-refractivity contribution in [2.75, 3.05) is 0 Å². The van der Waals surface area contributed by atoms with E-state index in [1.54, 1.807) is 4.68 Å². The molecular weight excluding hydrogens is 280 g/mol. The van der Waals surface area contributed by atoms with Gasteiger partial charge in [0.05, 0.1) is 11.7 Å². The fourth-order valence-electron chi connectivity index (χ4n) is 2.50. The van der Waals surface area contributed by atoms with Crippen molar-refractivity contribution in [2.24, 2.45) is 12.8 Å². The van der Waals surface area contributed by atoms with Gasteiger partial charge in [-0.1, -0.05) is 29.5 Å². The van der Waals surface area contributed by atoms with Gasteiger partial charge in [0, 0.05) is 13.0 Å². The van der Waals surface area contributed by atoms with Crippen molar-refractivity contribution in [3.63, 3.8) is 0 Å². The summed E-state index contributed by atoms with van der Waals surface area (Å²) in [5.41, 5.74) is 10.0. The zero-order valence-corrected chi connectivity index (χ0v) is 11.1. The van der Waals surface area contributed by atoms with Crippen LogP contribution in [0.25, 0.3) is 0 Å². The Balaban J connectivity index is 1.94. The lowest BCUT2D eigenvalue weighted by Gasteiger charge is -2.34. The Morgan fingerprint density at radius 3 is 2.88 bits per heavy atom. The molecule has 17 heavy (non-hydrogen) atoms. The molecule has 1 aliphatic rings. The third-order valence-corrected chi connectivity index (χ3v) is 4.04. The molecular formula is C12H13BrN4. The molecule has 0 bridgehead atoms. The van der Waals surface area contributed by atoms with E-state index in [0.717, 1.165) is 16.7 Å². The minimum atomic E-state index is -0.0562. The highest BCUT2D eigenvalue weighted by Gasteiger charge is 2.34. The number of aromatic nitrogens is 3. The van der Waals surface area contributed by atoms with Gasteiger partial charge in [-0.05, 0) is 33.5 Å². The average molecular weight is 293 g/mol. The highest BCUT2D eigenvalue weighted by atomic mass is 79.9. The third-order valence-electron chi connectivity index (χ3n) is 3.47. The summed E-state index contributed by atoms with van der Waals surface area (Å²) in [6.45, 7) is 0. The Morgan fingerprint density at radius 1 is 1.47 bits per heavy atom. The minimum Gasteiger partial charge on any atom is -0.322 e. The average Bonchev–Trinajstić information content (AvgIpc) is 2.60. The number of fused-ring (bicyclic) bond motifs is 1. The molecule has 5 heteroatoms. The summed E-state index contributed by atoms with van der Waals surface area (Å²) in [6.07, 6.45) is 1.04. The summed E-state index contributed by atoms with van der Waals surface area (Å²) in [5.74, 6) is 0.375. The van der Waals surface area contributed by atoms with E-state index in [0.29, 0.717) is 5.92 Å². The molecule has 0 amide bonds. The molecule has 2 aromatic rings. The molecule has 2 N–H and O–H groups in total. The molecule has 2 unspecified atom stereocenters. The predicted octanol–water partition coefficient (Wildman–Crippen LogP) is 1.92. The number of halogens is 1. The predicted molar refractivity (Wildman–Crippen MR) is 68.5 cm³/mol. The number of hydrogen-bond acceptors (Lipinski definition) is 3. The molecule has 1 aromatic heterocycles. The van der Waals surface area contributed by atoms with Crippen LogP contribution in [0.3, 0.4) is 0 Å². The number of hydrogen-bond donors (Lipinski definition) is 1. The van der Waals surface area contributed by atoms with Crippen molar-refractivity contribution in [3.05, 3.63) is 45.7 Å². The van der Waals surface area contributed by atoms with E-state index < -0.39 is 0 Å². The molecule has 3 rings (SSSR count). The van der Waals surface area contributed by atoms with E-state index in [2.05, 4.69) is 50.5 Å². The summed E-state index contributed by atoms with van der Waals surface area (Å²) in [7, 11) is 1.87. The van der Waals surface area contributed by atoms with Crippen LogP contribution in [0.15, 0.2) is 28.9 Å². The molecule has 1 heterocycles. The van der Waals surface area contributed by atoms with Gasteiger partial charge in [0.15, 0.2) is 4.60 Å². The molecule has 0 aliphatic heterocycles. The topological polar surface area (TPSA) is 56.7 Å². The SMILES string of the molecule is Cn1nnc(Br)c1C(N)C1Cc2ccccc21. The van der Waals surface area contributed by atoms with Crippen LogP contribution in [0.1, 0.15) is 28.8 Å². The second kappa shape index (κ2) is 3.92. The van der Waals surface area contributed by atoms with Gasteiger partial charge in [0.25, 0.3) is 0 Å². The van der Waals surface area contributed by atoms with Gasteiger partial charge in [-0.25, -0.2) is 4.68 Å². The van der Waals surface area contributed by atoms with Crippen LogP contribution in [0, 0.1) is 0 Å². The lowest BCUT2D eigenvalue weighted by atomic mass is 9.73.